The molecule has 3 rings (SSSR count). The highest BCUT2D eigenvalue weighted by Crippen LogP contribution is 2.40. The number of benzene rings is 1. The van der Waals surface area contributed by atoms with Gasteiger partial charge in [-0.15, -0.1) is 11.3 Å². The number of thiazole rings is 1. The SMILES string of the molecule is Cc1nc(C)c(C(=O)C2=C(O)C(=O)N(CC[NH+](C)C)[C@@H]2c2ccccc2F)s1. The van der Waals surface area contributed by atoms with E-state index >= 15 is 0 Å². The maximum absolute atomic E-state index is 14.6. The van der Waals surface area contributed by atoms with Crippen LogP contribution in [0.1, 0.15) is 32.0 Å². The second-order valence-corrected chi connectivity index (χ2v) is 8.32. The van der Waals surface area contributed by atoms with Crippen molar-refractivity contribution in [3.05, 3.63) is 62.6 Å². The molecule has 1 aliphatic rings. The van der Waals surface area contributed by atoms with E-state index in [4.69, 9.17) is 0 Å². The Labute approximate surface area is 166 Å². The van der Waals surface area contributed by atoms with Crippen molar-refractivity contribution in [1.29, 1.82) is 0 Å². The number of Topliss-reactive ketones (excluding diaryl/α,β-unsaturated/α-hetero) is 1. The first-order valence-corrected chi connectivity index (χ1v) is 9.80. The van der Waals surface area contributed by atoms with Gasteiger partial charge in [0.25, 0.3) is 5.91 Å². The average molecular weight is 404 g/mol. The molecule has 0 fully saturated rings. The second kappa shape index (κ2) is 7.81. The zero-order valence-electron chi connectivity index (χ0n) is 16.2. The number of aliphatic hydroxyl groups excluding tert-OH is 1. The first-order valence-electron chi connectivity index (χ1n) is 8.98. The van der Waals surface area contributed by atoms with Crippen LogP contribution in [0.5, 0.6) is 0 Å². The van der Waals surface area contributed by atoms with Gasteiger partial charge < -0.3 is 14.9 Å². The standard InChI is InChI=1S/C20H22FN3O3S/c1-11-19(28-12(2)22-11)17(25)15-16(13-7-5-6-8-14(13)21)24(10-9-23(3)4)20(27)18(15)26/h5-8,16,26H,9-10H2,1-4H3/p+1/t16-/m1/s1. The molecule has 1 aliphatic heterocycles. The molecule has 2 heterocycles. The number of aliphatic hydroxyl groups is 1. The van der Waals surface area contributed by atoms with Crippen LogP contribution < -0.4 is 4.90 Å². The van der Waals surface area contributed by atoms with E-state index in [9.17, 15) is 19.1 Å². The molecule has 2 N–H and O–H groups in total. The predicted molar refractivity (Wildman–Crippen MR) is 104 cm³/mol. The highest BCUT2D eigenvalue weighted by Gasteiger charge is 2.45. The number of hydrogen-bond donors (Lipinski definition) is 2. The smallest absolute Gasteiger partial charge is 0.290 e. The van der Waals surface area contributed by atoms with Gasteiger partial charge in [0.15, 0.2) is 5.76 Å². The molecule has 1 atom stereocenters. The fraction of sp³-hybridized carbons (Fsp3) is 0.350. The van der Waals surface area contributed by atoms with Gasteiger partial charge in [-0.3, -0.25) is 9.59 Å². The van der Waals surface area contributed by atoms with E-state index in [0.29, 0.717) is 22.1 Å². The van der Waals surface area contributed by atoms with Crippen molar-refractivity contribution >= 4 is 23.0 Å². The maximum atomic E-state index is 14.6. The lowest BCUT2D eigenvalue weighted by atomic mass is 9.94. The summed E-state index contributed by atoms with van der Waals surface area (Å²) in [5.41, 5.74) is 0.634. The third-order valence-electron chi connectivity index (χ3n) is 4.71. The zero-order valence-corrected chi connectivity index (χ0v) is 17.1. The largest absolute Gasteiger partial charge is 0.503 e. The molecule has 0 aliphatic carbocycles. The second-order valence-electron chi connectivity index (χ2n) is 7.12. The van der Waals surface area contributed by atoms with Crippen LogP contribution in [0.3, 0.4) is 0 Å². The average Bonchev–Trinajstić information content (AvgIpc) is 3.10. The highest BCUT2D eigenvalue weighted by atomic mass is 32.1. The van der Waals surface area contributed by atoms with Gasteiger partial charge >= 0.3 is 0 Å². The maximum Gasteiger partial charge on any atom is 0.290 e. The number of carbonyl (C=O) groups excluding carboxylic acids is 2. The molecular weight excluding hydrogens is 381 g/mol. The van der Waals surface area contributed by atoms with Crippen molar-refractivity contribution in [2.45, 2.75) is 19.9 Å². The molecule has 0 radical (unpaired) electrons. The Morgan fingerprint density at radius 3 is 2.57 bits per heavy atom. The Morgan fingerprint density at radius 2 is 2.00 bits per heavy atom. The lowest BCUT2D eigenvalue weighted by Crippen LogP contribution is -3.06. The van der Waals surface area contributed by atoms with E-state index in [1.807, 2.05) is 14.1 Å². The van der Waals surface area contributed by atoms with Gasteiger partial charge in [-0.05, 0) is 19.9 Å². The number of aryl methyl sites for hydroxylation is 2. The zero-order chi connectivity index (χ0) is 20.6. The molecule has 28 heavy (non-hydrogen) atoms. The van der Waals surface area contributed by atoms with E-state index in [0.717, 1.165) is 4.90 Å². The molecule has 1 aromatic carbocycles. The number of hydrogen-bond acceptors (Lipinski definition) is 5. The van der Waals surface area contributed by atoms with Crippen LogP contribution in [-0.4, -0.2) is 53.9 Å². The molecule has 0 saturated carbocycles. The molecular formula is C20H23FN3O3S+. The number of quaternary nitrogens is 1. The third-order valence-corrected chi connectivity index (χ3v) is 5.78. The Bertz CT molecular complexity index is 967. The Morgan fingerprint density at radius 1 is 1.32 bits per heavy atom. The predicted octanol–water partition coefficient (Wildman–Crippen LogP) is 1.62. The van der Waals surface area contributed by atoms with E-state index in [1.54, 1.807) is 32.0 Å². The number of ketones is 1. The van der Waals surface area contributed by atoms with Crippen molar-refractivity contribution in [3.8, 4) is 0 Å². The Balaban J connectivity index is 2.12. The van der Waals surface area contributed by atoms with E-state index in [1.165, 1.54) is 22.3 Å². The summed E-state index contributed by atoms with van der Waals surface area (Å²) in [4.78, 5) is 33.1. The first kappa shape index (κ1) is 20.2. The van der Waals surface area contributed by atoms with Gasteiger partial charge in [-0.2, -0.15) is 0 Å². The molecule has 0 saturated heterocycles. The fourth-order valence-corrected chi connectivity index (χ4v) is 4.22. The van der Waals surface area contributed by atoms with Crippen LogP contribution in [-0.2, 0) is 4.79 Å². The number of amides is 1. The van der Waals surface area contributed by atoms with E-state index in [-0.39, 0.29) is 17.7 Å². The first-order chi connectivity index (χ1) is 13.2. The minimum Gasteiger partial charge on any atom is -0.503 e. The van der Waals surface area contributed by atoms with Gasteiger partial charge in [0.1, 0.15) is 5.82 Å². The van der Waals surface area contributed by atoms with E-state index in [2.05, 4.69) is 4.98 Å². The molecule has 8 heteroatoms. The summed E-state index contributed by atoms with van der Waals surface area (Å²) in [7, 11) is 3.86. The lowest BCUT2D eigenvalue weighted by Gasteiger charge is -2.27. The fourth-order valence-electron chi connectivity index (χ4n) is 3.34. The summed E-state index contributed by atoms with van der Waals surface area (Å²) >= 11 is 1.20. The van der Waals surface area contributed by atoms with Crippen LogP contribution in [0.25, 0.3) is 0 Å². The molecule has 0 unspecified atom stereocenters. The number of aromatic nitrogens is 1. The third kappa shape index (κ3) is 3.57. The summed E-state index contributed by atoms with van der Waals surface area (Å²) in [5, 5.41) is 11.3. The van der Waals surface area contributed by atoms with Gasteiger partial charge in [0.05, 0.1) is 54.4 Å². The lowest BCUT2D eigenvalue weighted by molar-refractivity contribution is -0.857. The molecule has 0 spiro atoms. The molecule has 1 aromatic heterocycles. The van der Waals surface area contributed by atoms with Crippen LogP contribution in [0.4, 0.5) is 4.39 Å². The van der Waals surface area contributed by atoms with E-state index < -0.39 is 29.3 Å². The van der Waals surface area contributed by atoms with Crippen LogP contribution in [0.2, 0.25) is 0 Å². The quantitative estimate of drug-likeness (QED) is 0.718. The van der Waals surface area contributed by atoms with Crippen LogP contribution >= 0.6 is 11.3 Å². The Kier molecular flexibility index (Phi) is 5.62. The summed E-state index contributed by atoms with van der Waals surface area (Å²) < 4.78 is 14.6. The van der Waals surface area contributed by atoms with Crippen LogP contribution in [0.15, 0.2) is 35.6 Å². The Hall–Kier alpha value is -2.58. The number of carbonyl (C=O) groups is 2. The molecule has 2 aromatic rings. The van der Waals surface area contributed by atoms with Crippen molar-refractivity contribution in [2.75, 3.05) is 27.2 Å². The van der Waals surface area contributed by atoms with Crippen molar-refractivity contribution in [1.82, 2.24) is 9.88 Å². The summed E-state index contributed by atoms with van der Waals surface area (Å²) in [6.45, 7) is 4.35. The number of nitrogens with zero attached hydrogens (tertiary/aromatic N) is 2. The number of likely N-dealkylation sites (N-methyl/N-ethyl adjacent to an activating group) is 1. The van der Waals surface area contributed by atoms with Gasteiger partial charge in [-0.25, -0.2) is 9.37 Å². The van der Waals surface area contributed by atoms with Gasteiger partial charge in [0, 0.05) is 5.56 Å². The molecule has 0 bridgehead atoms. The highest BCUT2D eigenvalue weighted by molar-refractivity contribution is 7.14. The topological polar surface area (TPSA) is 74.9 Å². The summed E-state index contributed by atoms with van der Waals surface area (Å²) in [6, 6.07) is 5.06. The van der Waals surface area contributed by atoms with Crippen molar-refractivity contribution in [2.24, 2.45) is 0 Å². The van der Waals surface area contributed by atoms with Crippen LogP contribution in [0, 0.1) is 19.7 Å². The number of rotatable bonds is 6. The molecule has 1 amide bonds. The number of nitrogens with one attached hydrogen (secondary N) is 1. The molecule has 148 valence electrons. The summed E-state index contributed by atoms with van der Waals surface area (Å²) in [5.74, 6) is -2.28. The minimum atomic E-state index is -0.970. The normalized spacial score (nSPS) is 17.1. The minimum absolute atomic E-state index is 0.0874. The van der Waals surface area contributed by atoms with Gasteiger partial charge in [-0.1, -0.05) is 18.2 Å². The van der Waals surface area contributed by atoms with Crippen molar-refractivity contribution in [3.63, 3.8) is 0 Å². The van der Waals surface area contributed by atoms with Crippen molar-refractivity contribution < 1.29 is 24.0 Å². The monoisotopic (exact) mass is 404 g/mol. The summed E-state index contributed by atoms with van der Waals surface area (Å²) in [6.07, 6.45) is 0. The van der Waals surface area contributed by atoms with Gasteiger partial charge in [0.2, 0.25) is 5.78 Å². The molecule has 6 nitrogen and oxygen atoms in total. The number of halogens is 1.